The van der Waals surface area contributed by atoms with Crippen LogP contribution in [0.5, 0.6) is 5.75 Å². The predicted octanol–water partition coefficient (Wildman–Crippen LogP) is 2.71. The van der Waals surface area contributed by atoms with E-state index in [4.69, 9.17) is 0 Å². The average molecular weight is 323 g/mol. The van der Waals surface area contributed by atoms with Crippen LogP contribution in [0.3, 0.4) is 0 Å². The molecule has 4 aliphatic rings. The minimum Gasteiger partial charge on any atom is -0.506 e. The highest BCUT2D eigenvalue weighted by atomic mass is 16.3. The molecule has 3 heterocycles. The van der Waals surface area contributed by atoms with Crippen LogP contribution in [0.1, 0.15) is 25.3 Å². The summed E-state index contributed by atoms with van der Waals surface area (Å²) in [7, 11) is 2.36. The Morgan fingerprint density at radius 3 is 3.00 bits per heavy atom. The number of nitrogens with one attached hydrogen (secondary N) is 1. The number of aldehydes is 1. The zero-order valence-electron chi connectivity index (χ0n) is 14.2. The number of nitrogens with zero attached hydrogens (tertiary/aromatic N) is 1. The molecule has 2 bridgehead atoms. The third kappa shape index (κ3) is 1.38. The van der Waals surface area contributed by atoms with Gasteiger partial charge in [-0.15, -0.1) is 0 Å². The third-order valence-electron chi connectivity index (χ3n) is 7.17. The third-order valence-corrected chi connectivity index (χ3v) is 7.17. The Bertz CT molecular complexity index is 840. The molecule has 124 valence electrons. The number of likely N-dealkylation sites (N-methyl/N-ethyl adjacent to an activating group) is 1. The highest BCUT2D eigenvalue weighted by molar-refractivity contribution is 5.85. The lowest BCUT2D eigenvalue weighted by Crippen LogP contribution is -2.61. The summed E-state index contributed by atoms with van der Waals surface area (Å²) >= 11 is 0. The van der Waals surface area contributed by atoms with Gasteiger partial charge in [0.15, 0.2) is 0 Å². The quantitative estimate of drug-likeness (QED) is 0.362. The maximum atomic E-state index is 12.1. The fraction of sp³-hybridized carbons (Fsp3) is 0.450. The van der Waals surface area contributed by atoms with Gasteiger partial charge >= 0.3 is 0 Å². The van der Waals surface area contributed by atoms with Gasteiger partial charge in [-0.3, -0.25) is 4.79 Å². The second kappa shape index (κ2) is 4.31. The number of anilines is 1. The number of hydrogen-bond acceptors (Lipinski definition) is 3. The summed E-state index contributed by atoms with van der Waals surface area (Å²) < 4.78 is 1.04. The molecule has 0 amide bonds. The number of benzene rings is 1. The van der Waals surface area contributed by atoms with E-state index in [1.54, 1.807) is 6.07 Å². The van der Waals surface area contributed by atoms with Crippen LogP contribution in [0.25, 0.3) is 0 Å². The van der Waals surface area contributed by atoms with Gasteiger partial charge in [-0.1, -0.05) is 18.2 Å². The van der Waals surface area contributed by atoms with Crippen LogP contribution in [-0.2, 0) is 10.2 Å². The second-order valence-corrected chi connectivity index (χ2v) is 8.02. The molecule has 2 fully saturated rings. The number of para-hydroxylation sites is 1. The number of phenolic OH excluding ortho intramolecular Hbond substituents is 1. The molecular formula is C20H23N2O2+. The fourth-order valence-corrected chi connectivity index (χ4v) is 6.12. The van der Waals surface area contributed by atoms with Gasteiger partial charge in [-0.05, 0) is 24.1 Å². The van der Waals surface area contributed by atoms with Gasteiger partial charge in [0.2, 0.25) is 0 Å². The molecule has 4 heteroatoms. The van der Waals surface area contributed by atoms with E-state index in [1.165, 1.54) is 11.1 Å². The first-order chi connectivity index (χ1) is 11.5. The Hall–Kier alpha value is -2.07. The van der Waals surface area contributed by atoms with Crippen LogP contribution in [0.15, 0.2) is 41.1 Å². The number of piperidine rings is 1. The number of rotatable bonds is 1. The minimum atomic E-state index is -0.130. The SMILES string of the molecule is C/C=C1\C[N+]2(C)CC[C@]34C(=C(C=O)C1CC32)Nc1c(O)cccc14. The van der Waals surface area contributed by atoms with Gasteiger partial charge in [0.25, 0.3) is 0 Å². The molecule has 1 spiro atoms. The molecule has 4 atom stereocenters. The Balaban J connectivity index is 1.86. The van der Waals surface area contributed by atoms with Gasteiger partial charge < -0.3 is 14.9 Å². The van der Waals surface area contributed by atoms with Crippen molar-refractivity contribution in [2.24, 2.45) is 5.92 Å². The smallest absolute Gasteiger partial charge is 0.148 e. The van der Waals surface area contributed by atoms with Crippen molar-refractivity contribution in [1.29, 1.82) is 0 Å². The van der Waals surface area contributed by atoms with E-state index in [0.29, 0.717) is 6.04 Å². The first kappa shape index (κ1) is 14.3. The Kier molecular flexibility index (Phi) is 2.56. The van der Waals surface area contributed by atoms with Crippen LogP contribution >= 0.6 is 0 Å². The molecule has 3 aliphatic heterocycles. The zero-order valence-corrected chi connectivity index (χ0v) is 14.2. The average Bonchev–Trinajstić information content (AvgIpc) is 3.09. The van der Waals surface area contributed by atoms with E-state index in [0.717, 1.165) is 53.7 Å². The van der Waals surface area contributed by atoms with Gasteiger partial charge in [-0.25, -0.2) is 0 Å². The topological polar surface area (TPSA) is 49.3 Å². The van der Waals surface area contributed by atoms with Crippen molar-refractivity contribution in [2.75, 3.05) is 25.5 Å². The number of hydrogen-bond donors (Lipinski definition) is 2. The van der Waals surface area contributed by atoms with Crippen molar-refractivity contribution in [3.63, 3.8) is 0 Å². The molecule has 0 saturated carbocycles. The number of aromatic hydroxyl groups is 1. The molecule has 0 aromatic heterocycles. The van der Waals surface area contributed by atoms with E-state index >= 15 is 0 Å². The molecule has 3 unspecified atom stereocenters. The monoisotopic (exact) mass is 323 g/mol. The summed E-state index contributed by atoms with van der Waals surface area (Å²) in [6.07, 6.45) is 5.34. The molecule has 1 aliphatic carbocycles. The second-order valence-electron chi connectivity index (χ2n) is 8.02. The first-order valence-electron chi connectivity index (χ1n) is 8.84. The lowest BCUT2D eigenvalue weighted by molar-refractivity contribution is -0.923. The van der Waals surface area contributed by atoms with Gasteiger partial charge in [-0.2, -0.15) is 0 Å². The van der Waals surface area contributed by atoms with Crippen LogP contribution < -0.4 is 5.32 Å². The number of phenols is 1. The van der Waals surface area contributed by atoms with Crippen LogP contribution in [0.4, 0.5) is 5.69 Å². The Morgan fingerprint density at radius 2 is 2.25 bits per heavy atom. The van der Waals surface area contributed by atoms with Gasteiger partial charge in [0, 0.05) is 30.0 Å². The number of allylic oxidation sites excluding steroid dienone is 2. The summed E-state index contributed by atoms with van der Waals surface area (Å²) in [6, 6.07) is 6.27. The van der Waals surface area contributed by atoms with Gasteiger partial charge in [0.1, 0.15) is 24.6 Å². The number of quaternary nitrogens is 1. The van der Waals surface area contributed by atoms with Crippen molar-refractivity contribution in [3.05, 3.63) is 46.7 Å². The summed E-state index contributed by atoms with van der Waals surface area (Å²) in [6.45, 7) is 4.24. The number of fused-ring (bicyclic) bond motifs is 2. The molecule has 1 aromatic carbocycles. The molecule has 2 saturated heterocycles. The lowest BCUT2D eigenvalue weighted by atomic mass is 9.61. The molecule has 0 radical (unpaired) electrons. The standard InChI is InChI=1S/C20H22N2O2/c1-3-12-10-22(2)8-7-20-15-5-4-6-16(24)18(15)21-19(20)14(11-23)13(12)9-17(20)22/h3-6,11,13,17H,7-10H2,1-2H3,(H-,21,23,24)/p+1/b12-3+/t13?,17?,20-,22?/m1/s1. The first-order valence-corrected chi connectivity index (χ1v) is 8.84. The lowest BCUT2D eigenvalue weighted by Gasteiger charge is -2.51. The summed E-state index contributed by atoms with van der Waals surface area (Å²) in [5.41, 5.74) is 5.23. The minimum absolute atomic E-state index is 0.130. The predicted molar refractivity (Wildman–Crippen MR) is 92.7 cm³/mol. The largest absolute Gasteiger partial charge is 0.506 e. The molecular weight excluding hydrogens is 300 g/mol. The van der Waals surface area contributed by atoms with Crippen LogP contribution in [0.2, 0.25) is 0 Å². The highest BCUT2D eigenvalue weighted by Gasteiger charge is 2.67. The van der Waals surface area contributed by atoms with Crippen molar-refractivity contribution < 1.29 is 14.4 Å². The van der Waals surface area contributed by atoms with E-state index in [1.807, 2.05) is 6.07 Å². The van der Waals surface area contributed by atoms with Crippen molar-refractivity contribution in [1.82, 2.24) is 0 Å². The van der Waals surface area contributed by atoms with Crippen molar-refractivity contribution in [2.45, 2.75) is 31.2 Å². The van der Waals surface area contributed by atoms with Crippen LogP contribution in [-0.4, -0.2) is 42.1 Å². The van der Waals surface area contributed by atoms with Crippen LogP contribution in [0, 0.1) is 5.92 Å². The summed E-state index contributed by atoms with van der Waals surface area (Å²) in [4.78, 5) is 12.1. The van der Waals surface area contributed by atoms with E-state index in [2.05, 4.69) is 31.4 Å². The number of carbonyl (C=O) groups is 1. The van der Waals surface area contributed by atoms with E-state index in [-0.39, 0.29) is 17.1 Å². The Labute approximate surface area is 142 Å². The normalized spacial score (nSPS) is 40.3. The zero-order chi connectivity index (χ0) is 16.7. The molecule has 4 nitrogen and oxygen atoms in total. The van der Waals surface area contributed by atoms with Gasteiger partial charge in [0.05, 0.1) is 24.7 Å². The highest BCUT2D eigenvalue weighted by Crippen LogP contribution is 2.63. The summed E-state index contributed by atoms with van der Waals surface area (Å²) in [5.74, 6) is 0.518. The summed E-state index contributed by atoms with van der Waals surface area (Å²) in [5, 5.41) is 13.8. The fourth-order valence-electron chi connectivity index (χ4n) is 6.12. The maximum absolute atomic E-state index is 12.1. The van der Waals surface area contributed by atoms with E-state index in [9.17, 15) is 9.90 Å². The molecule has 24 heavy (non-hydrogen) atoms. The molecule has 5 rings (SSSR count). The molecule has 1 aromatic rings. The number of carbonyl (C=O) groups excluding carboxylic acids is 1. The van der Waals surface area contributed by atoms with Crippen molar-refractivity contribution in [3.8, 4) is 5.75 Å². The van der Waals surface area contributed by atoms with Crippen molar-refractivity contribution >= 4 is 12.0 Å². The van der Waals surface area contributed by atoms with E-state index < -0.39 is 0 Å². The maximum Gasteiger partial charge on any atom is 0.148 e. The Morgan fingerprint density at radius 1 is 1.42 bits per heavy atom. The molecule has 2 N–H and O–H groups in total.